The zero-order chi connectivity index (χ0) is 12.1. The zero-order valence-corrected chi connectivity index (χ0v) is 9.91. The fraction of sp³-hybridized carbons (Fsp3) is 0.800. The SMILES string of the molecule is CNC(N)(C(C)C)N(CCC=O)C(C)=O. The molecule has 0 aliphatic heterocycles. The van der Waals surface area contributed by atoms with E-state index in [2.05, 4.69) is 5.32 Å². The van der Waals surface area contributed by atoms with E-state index >= 15 is 0 Å². The highest BCUT2D eigenvalue weighted by Crippen LogP contribution is 2.16. The van der Waals surface area contributed by atoms with Crippen LogP contribution in [0.15, 0.2) is 0 Å². The lowest BCUT2D eigenvalue weighted by Crippen LogP contribution is -2.69. The van der Waals surface area contributed by atoms with E-state index in [0.29, 0.717) is 13.0 Å². The predicted octanol–water partition coefficient (Wildman–Crippen LogP) is -0.0882. The van der Waals surface area contributed by atoms with E-state index < -0.39 is 5.79 Å². The molecule has 0 radical (unpaired) electrons. The van der Waals surface area contributed by atoms with Crippen molar-refractivity contribution in [3.05, 3.63) is 0 Å². The summed E-state index contributed by atoms with van der Waals surface area (Å²) in [5, 5.41) is 2.94. The Hall–Kier alpha value is -0.940. The number of carbonyl (C=O) groups is 2. The van der Waals surface area contributed by atoms with Gasteiger partial charge < -0.3 is 9.69 Å². The van der Waals surface area contributed by atoms with Crippen LogP contribution in [0.5, 0.6) is 0 Å². The van der Waals surface area contributed by atoms with Crippen molar-refractivity contribution in [2.45, 2.75) is 33.0 Å². The number of hydrogen-bond donors (Lipinski definition) is 2. The summed E-state index contributed by atoms with van der Waals surface area (Å²) in [5.41, 5.74) is 6.10. The number of hydrogen-bond acceptors (Lipinski definition) is 4. The molecule has 1 unspecified atom stereocenters. The first-order valence-electron chi connectivity index (χ1n) is 5.09. The molecule has 0 spiro atoms. The lowest BCUT2D eigenvalue weighted by atomic mass is 10.0. The number of nitrogens with zero attached hydrogens (tertiary/aromatic N) is 1. The Kier molecular flexibility index (Phi) is 5.46. The van der Waals surface area contributed by atoms with Crippen molar-refractivity contribution >= 4 is 12.2 Å². The first-order chi connectivity index (χ1) is 6.90. The minimum atomic E-state index is -0.894. The third kappa shape index (κ3) is 3.28. The molecule has 1 atom stereocenters. The number of rotatable bonds is 6. The molecule has 0 aromatic carbocycles. The molecule has 0 saturated carbocycles. The maximum absolute atomic E-state index is 11.4. The van der Waals surface area contributed by atoms with E-state index in [4.69, 9.17) is 5.73 Å². The molecule has 1 amide bonds. The molecule has 0 saturated heterocycles. The molecule has 0 heterocycles. The van der Waals surface area contributed by atoms with Crippen LogP contribution in [-0.4, -0.2) is 36.5 Å². The van der Waals surface area contributed by atoms with Crippen LogP contribution in [0, 0.1) is 5.92 Å². The first kappa shape index (κ1) is 14.1. The molecule has 0 fully saturated rings. The van der Waals surface area contributed by atoms with Crippen LogP contribution in [0.2, 0.25) is 0 Å². The van der Waals surface area contributed by atoms with Gasteiger partial charge in [-0.25, -0.2) is 0 Å². The van der Waals surface area contributed by atoms with Gasteiger partial charge in [0.05, 0.1) is 0 Å². The van der Waals surface area contributed by atoms with Gasteiger partial charge >= 0.3 is 0 Å². The molecule has 0 rings (SSSR count). The Labute approximate surface area is 91.0 Å². The lowest BCUT2D eigenvalue weighted by Gasteiger charge is -2.43. The Morgan fingerprint density at radius 3 is 2.40 bits per heavy atom. The predicted molar refractivity (Wildman–Crippen MR) is 58.9 cm³/mol. The summed E-state index contributed by atoms with van der Waals surface area (Å²) in [4.78, 5) is 23.3. The molecule has 5 heteroatoms. The van der Waals surface area contributed by atoms with Crippen LogP contribution < -0.4 is 11.1 Å². The van der Waals surface area contributed by atoms with E-state index in [1.807, 2.05) is 13.8 Å². The monoisotopic (exact) mass is 215 g/mol. The molecule has 0 aliphatic rings. The van der Waals surface area contributed by atoms with Gasteiger partial charge in [-0.05, 0) is 7.05 Å². The van der Waals surface area contributed by atoms with Gasteiger partial charge in [-0.15, -0.1) is 0 Å². The Bertz CT molecular complexity index is 231. The van der Waals surface area contributed by atoms with Crippen molar-refractivity contribution in [2.24, 2.45) is 11.7 Å². The normalized spacial score (nSPS) is 14.8. The van der Waals surface area contributed by atoms with Crippen molar-refractivity contribution in [2.75, 3.05) is 13.6 Å². The summed E-state index contributed by atoms with van der Waals surface area (Å²) < 4.78 is 0. The molecule has 15 heavy (non-hydrogen) atoms. The molecule has 5 nitrogen and oxygen atoms in total. The lowest BCUT2D eigenvalue weighted by molar-refractivity contribution is -0.139. The second-order valence-corrected chi connectivity index (χ2v) is 3.86. The zero-order valence-electron chi connectivity index (χ0n) is 9.91. The molecule has 88 valence electrons. The Morgan fingerprint density at radius 1 is 1.60 bits per heavy atom. The van der Waals surface area contributed by atoms with E-state index in [-0.39, 0.29) is 11.8 Å². The maximum atomic E-state index is 11.4. The average molecular weight is 215 g/mol. The van der Waals surface area contributed by atoms with Crippen molar-refractivity contribution < 1.29 is 9.59 Å². The van der Waals surface area contributed by atoms with Crippen LogP contribution in [0.1, 0.15) is 27.2 Å². The Balaban J connectivity index is 4.84. The topological polar surface area (TPSA) is 75.4 Å². The van der Waals surface area contributed by atoms with Gasteiger partial charge in [0.1, 0.15) is 12.1 Å². The van der Waals surface area contributed by atoms with E-state index in [0.717, 1.165) is 6.29 Å². The minimum absolute atomic E-state index is 0.0538. The Morgan fingerprint density at radius 2 is 2.13 bits per heavy atom. The van der Waals surface area contributed by atoms with E-state index in [1.165, 1.54) is 11.8 Å². The van der Waals surface area contributed by atoms with Crippen LogP contribution in [0.4, 0.5) is 0 Å². The molecule has 0 aliphatic carbocycles. The fourth-order valence-electron chi connectivity index (χ4n) is 1.52. The number of nitrogens with one attached hydrogen (secondary N) is 1. The average Bonchev–Trinajstić information content (AvgIpc) is 2.17. The second-order valence-electron chi connectivity index (χ2n) is 3.86. The van der Waals surface area contributed by atoms with Gasteiger partial charge in [0, 0.05) is 25.8 Å². The van der Waals surface area contributed by atoms with Gasteiger partial charge in [-0.1, -0.05) is 13.8 Å². The summed E-state index contributed by atoms with van der Waals surface area (Å²) in [7, 11) is 1.71. The highest BCUT2D eigenvalue weighted by atomic mass is 16.2. The third-order valence-corrected chi connectivity index (χ3v) is 2.58. The quantitative estimate of drug-likeness (QED) is 0.480. The van der Waals surface area contributed by atoms with Gasteiger partial charge in [-0.2, -0.15) is 0 Å². The minimum Gasteiger partial charge on any atom is -0.311 e. The molecule has 3 N–H and O–H groups in total. The van der Waals surface area contributed by atoms with Crippen LogP contribution >= 0.6 is 0 Å². The van der Waals surface area contributed by atoms with Crippen molar-refractivity contribution in [3.8, 4) is 0 Å². The molecular formula is C10H21N3O2. The molecule has 0 aromatic rings. The van der Waals surface area contributed by atoms with Crippen LogP contribution in [-0.2, 0) is 9.59 Å². The summed E-state index contributed by atoms with van der Waals surface area (Å²) in [6.07, 6.45) is 1.08. The van der Waals surface area contributed by atoms with Crippen LogP contribution in [0.3, 0.4) is 0 Å². The number of carbonyl (C=O) groups excluding carboxylic acids is 2. The second kappa shape index (κ2) is 5.82. The van der Waals surface area contributed by atoms with Crippen LogP contribution in [0.25, 0.3) is 0 Å². The highest BCUT2D eigenvalue weighted by Gasteiger charge is 2.35. The summed E-state index contributed by atoms with van der Waals surface area (Å²) in [5.74, 6) is -0.977. The molecular weight excluding hydrogens is 194 g/mol. The summed E-state index contributed by atoms with van der Waals surface area (Å²) >= 11 is 0. The molecule has 0 bridgehead atoms. The van der Waals surface area contributed by atoms with E-state index in [1.54, 1.807) is 7.05 Å². The first-order valence-corrected chi connectivity index (χ1v) is 5.09. The third-order valence-electron chi connectivity index (χ3n) is 2.58. The number of amides is 1. The van der Waals surface area contributed by atoms with Crippen molar-refractivity contribution in [1.82, 2.24) is 10.2 Å². The van der Waals surface area contributed by atoms with Gasteiger partial charge in [0.25, 0.3) is 0 Å². The van der Waals surface area contributed by atoms with Gasteiger partial charge in [0.2, 0.25) is 5.91 Å². The fourth-order valence-corrected chi connectivity index (χ4v) is 1.52. The van der Waals surface area contributed by atoms with Crippen molar-refractivity contribution in [1.29, 1.82) is 0 Å². The maximum Gasteiger partial charge on any atom is 0.221 e. The highest BCUT2D eigenvalue weighted by molar-refractivity contribution is 5.74. The van der Waals surface area contributed by atoms with E-state index in [9.17, 15) is 9.59 Å². The number of aldehydes is 1. The summed E-state index contributed by atoms with van der Waals surface area (Å²) in [6.45, 7) is 5.64. The standard InChI is InChI=1S/C10H21N3O2/c1-8(2)10(11,12-4)13(9(3)15)6-5-7-14/h7-8,12H,5-6,11H2,1-4H3. The van der Waals surface area contributed by atoms with Gasteiger partial charge in [0.15, 0.2) is 0 Å². The number of nitrogens with two attached hydrogens (primary N) is 1. The summed E-state index contributed by atoms with van der Waals surface area (Å²) in [6, 6.07) is 0. The smallest absolute Gasteiger partial charge is 0.221 e. The largest absolute Gasteiger partial charge is 0.311 e. The van der Waals surface area contributed by atoms with Gasteiger partial charge in [-0.3, -0.25) is 15.8 Å². The molecule has 0 aromatic heterocycles. The van der Waals surface area contributed by atoms with Crippen molar-refractivity contribution in [3.63, 3.8) is 0 Å².